The highest BCUT2D eigenvalue weighted by atomic mass is 32.2. The predicted octanol–water partition coefficient (Wildman–Crippen LogP) is 3.30. The van der Waals surface area contributed by atoms with Crippen molar-refractivity contribution >= 4 is 21.6 Å². The Morgan fingerprint density at radius 3 is 2.26 bits per heavy atom. The van der Waals surface area contributed by atoms with E-state index >= 15 is 0 Å². The number of hydrogen-bond donors (Lipinski definition) is 1. The van der Waals surface area contributed by atoms with Crippen molar-refractivity contribution in [2.75, 3.05) is 24.0 Å². The van der Waals surface area contributed by atoms with Crippen LogP contribution in [-0.2, 0) is 26.8 Å². The summed E-state index contributed by atoms with van der Waals surface area (Å²) in [5.74, 6) is -0.458. The number of aliphatic hydroxyl groups is 1. The Morgan fingerprint density at radius 2 is 1.71 bits per heavy atom. The van der Waals surface area contributed by atoms with Crippen LogP contribution in [0.1, 0.15) is 37.7 Å². The van der Waals surface area contributed by atoms with Crippen molar-refractivity contribution in [3.8, 4) is 0 Å². The number of aryl methyl sites for hydroxylation is 1. The van der Waals surface area contributed by atoms with E-state index in [0.717, 1.165) is 15.6 Å². The third-order valence-electron chi connectivity index (χ3n) is 5.57. The van der Waals surface area contributed by atoms with E-state index < -0.39 is 22.5 Å². The maximum absolute atomic E-state index is 13.7. The number of anilines is 1. The van der Waals surface area contributed by atoms with Gasteiger partial charge in [-0.3, -0.25) is 19.1 Å². The van der Waals surface area contributed by atoms with Crippen molar-refractivity contribution in [3.05, 3.63) is 83.9 Å². The summed E-state index contributed by atoms with van der Waals surface area (Å²) in [6.07, 6.45) is 3.06. The molecule has 0 atom stereocenters. The second-order valence-corrected chi connectivity index (χ2v) is 11.2. The van der Waals surface area contributed by atoms with Gasteiger partial charge in [0.05, 0.1) is 35.6 Å². The molecule has 1 amide bonds. The van der Waals surface area contributed by atoms with Gasteiger partial charge in [-0.15, -0.1) is 0 Å². The normalized spacial score (nSPS) is 11.8. The third-order valence-corrected chi connectivity index (χ3v) is 7.36. The number of rotatable bonds is 9. The smallest absolute Gasteiger partial charge is 0.264 e. The van der Waals surface area contributed by atoms with Gasteiger partial charge in [-0.2, -0.15) is 0 Å². The molecule has 0 radical (unpaired) electrons. The van der Waals surface area contributed by atoms with Crippen molar-refractivity contribution in [1.82, 2.24) is 14.9 Å². The second-order valence-electron chi connectivity index (χ2n) is 9.30. The Morgan fingerprint density at radius 1 is 1.00 bits per heavy atom. The Bertz CT molecular complexity index is 1220. The number of carbonyl (C=O) groups excluding carboxylic acids is 1. The molecule has 0 aliphatic carbocycles. The molecule has 0 aliphatic heterocycles. The molecule has 1 aromatic carbocycles. The number of hydrogen-bond acceptors (Lipinski definition) is 6. The van der Waals surface area contributed by atoms with Gasteiger partial charge in [-0.05, 0) is 54.3 Å². The minimum Gasteiger partial charge on any atom is -0.395 e. The lowest BCUT2D eigenvalue weighted by Gasteiger charge is -2.28. The second kappa shape index (κ2) is 11.0. The summed E-state index contributed by atoms with van der Waals surface area (Å²) in [7, 11) is -4.08. The first-order chi connectivity index (χ1) is 16.5. The number of nitrogens with zero attached hydrogens (tertiary/aromatic N) is 4. The molecule has 0 saturated carbocycles. The highest BCUT2D eigenvalue weighted by Gasteiger charge is 2.30. The number of aromatic nitrogens is 2. The van der Waals surface area contributed by atoms with Gasteiger partial charge in [0.25, 0.3) is 10.0 Å². The highest BCUT2D eigenvalue weighted by Crippen LogP contribution is 2.27. The molecular formula is C26H32N4O4S. The lowest BCUT2D eigenvalue weighted by Crippen LogP contribution is -2.44. The zero-order valence-corrected chi connectivity index (χ0v) is 21.4. The van der Waals surface area contributed by atoms with Crippen LogP contribution in [0.15, 0.2) is 71.9 Å². The molecule has 0 aliphatic rings. The molecule has 186 valence electrons. The molecule has 0 fully saturated rings. The van der Waals surface area contributed by atoms with Crippen LogP contribution in [-0.4, -0.2) is 54.0 Å². The van der Waals surface area contributed by atoms with E-state index in [9.17, 15) is 18.3 Å². The SMILES string of the molecule is Cc1ccc(N(CC(=O)N(CCO)Cc2ccccn2)S(=O)(=O)c2ccc(C(C)(C)C)cc2)cn1. The Balaban J connectivity index is 1.96. The molecule has 0 bridgehead atoms. The summed E-state index contributed by atoms with van der Waals surface area (Å²) in [6.45, 7) is 7.46. The summed E-state index contributed by atoms with van der Waals surface area (Å²) in [5.41, 5.74) is 2.52. The fourth-order valence-electron chi connectivity index (χ4n) is 3.50. The van der Waals surface area contributed by atoms with Crippen molar-refractivity contribution in [2.24, 2.45) is 0 Å². The van der Waals surface area contributed by atoms with E-state index in [1.54, 1.807) is 67.7 Å². The van der Waals surface area contributed by atoms with Crippen LogP contribution in [0.25, 0.3) is 0 Å². The zero-order chi connectivity index (χ0) is 25.6. The number of sulfonamides is 1. The number of carbonyl (C=O) groups is 1. The fourth-order valence-corrected chi connectivity index (χ4v) is 4.90. The molecule has 2 aromatic heterocycles. The predicted molar refractivity (Wildman–Crippen MR) is 135 cm³/mol. The lowest BCUT2D eigenvalue weighted by atomic mass is 9.87. The van der Waals surface area contributed by atoms with Gasteiger partial charge >= 0.3 is 0 Å². The van der Waals surface area contributed by atoms with Crippen LogP contribution in [0.4, 0.5) is 5.69 Å². The van der Waals surface area contributed by atoms with Gasteiger partial charge in [0.2, 0.25) is 5.91 Å². The van der Waals surface area contributed by atoms with Gasteiger partial charge in [-0.1, -0.05) is 39.0 Å². The van der Waals surface area contributed by atoms with Crippen molar-refractivity contribution in [1.29, 1.82) is 0 Å². The maximum atomic E-state index is 13.7. The zero-order valence-electron chi connectivity index (χ0n) is 20.5. The average molecular weight is 497 g/mol. The lowest BCUT2D eigenvalue weighted by molar-refractivity contribution is -0.130. The molecule has 0 spiro atoms. The summed E-state index contributed by atoms with van der Waals surface area (Å²) in [5, 5.41) is 9.52. The van der Waals surface area contributed by atoms with E-state index in [1.165, 1.54) is 11.1 Å². The van der Waals surface area contributed by atoms with E-state index in [4.69, 9.17) is 0 Å². The van der Waals surface area contributed by atoms with E-state index in [0.29, 0.717) is 5.69 Å². The molecule has 9 heteroatoms. The van der Waals surface area contributed by atoms with Crippen molar-refractivity contribution in [3.63, 3.8) is 0 Å². The topological polar surface area (TPSA) is 104 Å². The third kappa shape index (κ3) is 6.64. The summed E-state index contributed by atoms with van der Waals surface area (Å²) in [6, 6.07) is 15.4. The molecule has 3 aromatic rings. The molecule has 0 unspecified atom stereocenters. The van der Waals surface area contributed by atoms with E-state index in [2.05, 4.69) is 30.7 Å². The van der Waals surface area contributed by atoms with Gasteiger partial charge in [0.15, 0.2) is 0 Å². The molecular weight excluding hydrogens is 464 g/mol. The van der Waals surface area contributed by atoms with Crippen LogP contribution >= 0.6 is 0 Å². The van der Waals surface area contributed by atoms with E-state index in [-0.39, 0.29) is 35.7 Å². The minimum atomic E-state index is -4.08. The number of pyridine rings is 2. The van der Waals surface area contributed by atoms with Gasteiger partial charge in [-0.25, -0.2) is 8.42 Å². The fraction of sp³-hybridized carbons (Fsp3) is 0.346. The Hall–Kier alpha value is -3.30. The molecule has 3 rings (SSSR count). The highest BCUT2D eigenvalue weighted by molar-refractivity contribution is 7.92. The van der Waals surface area contributed by atoms with Crippen LogP contribution < -0.4 is 4.31 Å². The first-order valence-corrected chi connectivity index (χ1v) is 12.8. The summed E-state index contributed by atoms with van der Waals surface area (Å²) < 4.78 is 28.5. The van der Waals surface area contributed by atoms with Crippen molar-refractivity contribution < 1.29 is 18.3 Å². The molecule has 2 heterocycles. The molecule has 8 nitrogen and oxygen atoms in total. The Labute approximate surface area is 207 Å². The van der Waals surface area contributed by atoms with Crippen LogP contribution in [0.5, 0.6) is 0 Å². The maximum Gasteiger partial charge on any atom is 0.264 e. The van der Waals surface area contributed by atoms with Gasteiger partial charge < -0.3 is 10.0 Å². The summed E-state index contributed by atoms with van der Waals surface area (Å²) >= 11 is 0. The van der Waals surface area contributed by atoms with E-state index in [1.807, 2.05) is 0 Å². The first kappa shape index (κ1) is 26.3. The monoisotopic (exact) mass is 496 g/mol. The van der Waals surface area contributed by atoms with Gasteiger partial charge in [0.1, 0.15) is 6.54 Å². The molecule has 0 saturated heterocycles. The number of amides is 1. The summed E-state index contributed by atoms with van der Waals surface area (Å²) in [4.78, 5) is 23.3. The van der Waals surface area contributed by atoms with Crippen LogP contribution in [0, 0.1) is 6.92 Å². The van der Waals surface area contributed by atoms with Crippen LogP contribution in [0.2, 0.25) is 0 Å². The average Bonchev–Trinajstić information content (AvgIpc) is 2.83. The first-order valence-electron chi connectivity index (χ1n) is 11.4. The largest absolute Gasteiger partial charge is 0.395 e. The quantitative estimate of drug-likeness (QED) is 0.488. The van der Waals surface area contributed by atoms with Crippen molar-refractivity contribution in [2.45, 2.75) is 44.6 Å². The van der Waals surface area contributed by atoms with Crippen LogP contribution in [0.3, 0.4) is 0 Å². The standard InChI is InChI=1S/C26H32N4O4S/c1-20-8-11-23(17-28-20)30(35(33,34)24-12-9-21(10-13-24)26(2,3)4)19-25(32)29(15-16-31)18-22-7-5-6-14-27-22/h5-14,17,31H,15-16,18-19H2,1-4H3. The number of benzene rings is 1. The Kier molecular flexibility index (Phi) is 8.24. The molecule has 35 heavy (non-hydrogen) atoms. The van der Waals surface area contributed by atoms with Gasteiger partial charge in [0, 0.05) is 18.4 Å². The minimum absolute atomic E-state index is 0.0513. The molecule has 1 N–H and O–H groups in total. The number of aliphatic hydroxyl groups excluding tert-OH is 1.